The molecular weight excluding hydrogens is 470 g/mol. The summed E-state index contributed by atoms with van der Waals surface area (Å²) in [6, 6.07) is 25.0. The van der Waals surface area contributed by atoms with Crippen LogP contribution in [0.5, 0.6) is 0 Å². The van der Waals surface area contributed by atoms with E-state index in [-0.39, 0.29) is 17.6 Å². The van der Waals surface area contributed by atoms with Crippen molar-refractivity contribution in [2.24, 2.45) is 0 Å². The molecule has 36 heavy (non-hydrogen) atoms. The molecule has 1 saturated carbocycles. The van der Waals surface area contributed by atoms with Crippen LogP contribution in [0.4, 0.5) is 5.69 Å². The van der Waals surface area contributed by atoms with Gasteiger partial charge in [0.1, 0.15) is 5.82 Å². The van der Waals surface area contributed by atoms with Gasteiger partial charge in [0, 0.05) is 18.2 Å². The number of carbonyl (C=O) groups is 2. The number of rotatable bonds is 9. The summed E-state index contributed by atoms with van der Waals surface area (Å²) in [5.41, 5.74) is 4.07. The first-order chi connectivity index (χ1) is 17.6. The van der Waals surface area contributed by atoms with E-state index in [1.54, 1.807) is 24.3 Å². The third-order valence-electron chi connectivity index (χ3n) is 5.97. The van der Waals surface area contributed by atoms with Gasteiger partial charge in [0.05, 0.1) is 17.0 Å². The van der Waals surface area contributed by atoms with Gasteiger partial charge in [-0.25, -0.2) is 0 Å². The molecule has 182 valence electrons. The van der Waals surface area contributed by atoms with Crippen LogP contribution >= 0.6 is 11.8 Å². The van der Waals surface area contributed by atoms with Gasteiger partial charge in [-0.1, -0.05) is 71.9 Å². The first-order valence-corrected chi connectivity index (χ1v) is 12.9. The Bertz CT molecular complexity index is 1360. The van der Waals surface area contributed by atoms with Crippen molar-refractivity contribution in [3.05, 3.63) is 101 Å². The maximum Gasteiger partial charge on any atom is 0.253 e. The molecule has 8 heteroatoms. The van der Waals surface area contributed by atoms with Crippen LogP contribution in [0.1, 0.15) is 46.1 Å². The lowest BCUT2D eigenvalue weighted by atomic mass is 10.1. The number of hydrogen-bond donors (Lipinski definition) is 2. The van der Waals surface area contributed by atoms with Crippen LogP contribution in [-0.4, -0.2) is 32.3 Å². The SMILES string of the molecule is Cc1ccc(CNC(=O)c2ccccc2NC(=O)CSc2nnc(C3CC3)n2-c2ccccc2)cc1. The number of para-hydroxylation sites is 2. The van der Waals surface area contributed by atoms with E-state index in [0.29, 0.717) is 28.9 Å². The van der Waals surface area contributed by atoms with Crippen LogP contribution in [0.25, 0.3) is 5.69 Å². The van der Waals surface area contributed by atoms with Crippen molar-refractivity contribution in [1.29, 1.82) is 0 Å². The molecule has 7 nitrogen and oxygen atoms in total. The predicted octanol–water partition coefficient (Wildman–Crippen LogP) is 5.11. The number of nitrogens with one attached hydrogen (secondary N) is 2. The number of thioether (sulfide) groups is 1. The summed E-state index contributed by atoms with van der Waals surface area (Å²) in [7, 11) is 0. The Balaban J connectivity index is 1.24. The molecule has 1 heterocycles. The maximum absolute atomic E-state index is 12.9. The number of benzene rings is 3. The van der Waals surface area contributed by atoms with Crippen molar-refractivity contribution in [2.75, 3.05) is 11.1 Å². The van der Waals surface area contributed by atoms with Gasteiger partial charge in [0.25, 0.3) is 5.91 Å². The standard InChI is InChI=1S/C28H27N5O2S/c1-19-11-13-20(14-12-19)17-29-27(35)23-9-5-6-10-24(23)30-25(34)18-36-28-32-31-26(21-15-16-21)33(28)22-7-3-2-4-8-22/h2-14,21H,15-18H2,1H3,(H,29,35)(H,30,34). The van der Waals surface area contributed by atoms with E-state index in [0.717, 1.165) is 29.9 Å². The molecule has 0 atom stereocenters. The van der Waals surface area contributed by atoms with Crippen LogP contribution in [-0.2, 0) is 11.3 Å². The van der Waals surface area contributed by atoms with Gasteiger partial charge in [-0.2, -0.15) is 0 Å². The van der Waals surface area contributed by atoms with Crippen molar-refractivity contribution in [3.63, 3.8) is 0 Å². The van der Waals surface area contributed by atoms with Gasteiger partial charge in [0.2, 0.25) is 5.91 Å². The first-order valence-electron chi connectivity index (χ1n) is 11.9. The molecule has 0 radical (unpaired) electrons. The smallest absolute Gasteiger partial charge is 0.253 e. The molecule has 0 unspecified atom stereocenters. The summed E-state index contributed by atoms with van der Waals surface area (Å²) < 4.78 is 2.04. The molecule has 0 aliphatic heterocycles. The quantitative estimate of drug-likeness (QED) is 0.314. The molecule has 0 spiro atoms. The summed E-state index contributed by atoms with van der Waals surface area (Å²) in [5, 5.41) is 15.3. The minimum absolute atomic E-state index is 0.148. The van der Waals surface area contributed by atoms with Crippen LogP contribution in [0.3, 0.4) is 0 Å². The molecule has 1 aliphatic rings. The Kier molecular flexibility index (Phi) is 7.13. The third-order valence-corrected chi connectivity index (χ3v) is 6.90. The zero-order chi connectivity index (χ0) is 24.9. The van der Waals surface area contributed by atoms with Gasteiger partial charge < -0.3 is 10.6 Å². The van der Waals surface area contributed by atoms with Crippen LogP contribution < -0.4 is 10.6 Å². The highest BCUT2D eigenvalue weighted by Crippen LogP contribution is 2.41. The van der Waals surface area contributed by atoms with E-state index < -0.39 is 0 Å². The highest BCUT2D eigenvalue weighted by atomic mass is 32.2. The minimum atomic E-state index is -0.239. The molecule has 5 rings (SSSR count). The first kappa shape index (κ1) is 23.8. The number of hydrogen-bond acceptors (Lipinski definition) is 5. The molecule has 2 N–H and O–H groups in total. The third kappa shape index (κ3) is 5.66. The second kappa shape index (κ2) is 10.8. The van der Waals surface area contributed by atoms with Crippen molar-refractivity contribution < 1.29 is 9.59 Å². The molecular formula is C28H27N5O2S. The lowest BCUT2D eigenvalue weighted by Crippen LogP contribution is -2.25. The molecule has 3 aromatic carbocycles. The van der Waals surface area contributed by atoms with Gasteiger partial charge in [0.15, 0.2) is 5.16 Å². The van der Waals surface area contributed by atoms with Crippen LogP contribution in [0.2, 0.25) is 0 Å². The van der Waals surface area contributed by atoms with Gasteiger partial charge in [-0.15, -0.1) is 10.2 Å². The Morgan fingerprint density at radius 2 is 1.67 bits per heavy atom. The van der Waals surface area contributed by atoms with Gasteiger partial charge >= 0.3 is 0 Å². The Labute approximate surface area is 214 Å². The molecule has 1 fully saturated rings. The topological polar surface area (TPSA) is 88.9 Å². The Morgan fingerprint density at radius 3 is 2.42 bits per heavy atom. The molecule has 2 amide bonds. The summed E-state index contributed by atoms with van der Waals surface area (Å²) in [6.45, 7) is 2.44. The van der Waals surface area contributed by atoms with Gasteiger partial charge in [-0.3, -0.25) is 14.2 Å². The number of amides is 2. The zero-order valence-corrected chi connectivity index (χ0v) is 20.8. The maximum atomic E-state index is 12.9. The van der Waals surface area contributed by atoms with E-state index in [1.807, 2.05) is 66.1 Å². The molecule has 4 aromatic rings. The van der Waals surface area contributed by atoms with Crippen LogP contribution in [0, 0.1) is 6.92 Å². The van der Waals surface area contributed by atoms with Crippen LogP contribution in [0.15, 0.2) is 84.0 Å². The average Bonchev–Trinajstić information content (AvgIpc) is 3.66. The number of aryl methyl sites for hydroxylation is 1. The number of nitrogens with zero attached hydrogens (tertiary/aromatic N) is 3. The molecule has 0 saturated heterocycles. The van der Waals surface area contributed by atoms with Crippen molar-refractivity contribution >= 4 is 29.3 Å². The predicted molar refractivity (Wildman–Crippen MR) is 141 cm³/mol. The number of carbonyl (C=O) groups excluding carboxylic acids is 2. The summed E-state index contributed by atoms with van der Waals surface area (Å²) >= 11 is 1.33. The summed E-state index contributed by atoms with van der Waals surface area (Å²) in [5.74, 6) is 1.06. The highest BCUT2D eigenvalue weighted by Gasteiger charge is 2.31. The van der Waals surface area contributed by atoms with E-state index in [4.69, 9.17) is 0 Å². The van der Waals surface area contributed by atoms with E-state index in [2.05, 4.69) is 20.8 Å². The van der Waals surface area contributed by atoms with E-state index >= 15 is 0 Å². The monoisotopic (exact) mass is 497 g/mol. The Morgan fingerprint density at radius 1 is 0.944 bits per heavy atom. The number of anilines is 1. The van der Waals surface area contributed by atoms with Crippen molar-refractivity contribution in [1.82, 2.24) is 20.1 Å². The van der Waals surface area contributed by atoms with E-state index in [1.165, 1.54) is 17.3 Å². The fourth-order valence-electron chi connectivity index (χ4n) is 3.89. The largest absolute Gasteiger partial charge is 0.348 e. The molecule has 1 aromatic heterocycles. The lowest BCUT2D eigenvalue weighted by Gasteiger charge is -2.12. The second-order valence-corrected chi connectivity index (χ2v) is 9.78. The second-order valence-electron chi connectivity index (χ2n) is 8.84. The molecule has 0 bridgehead atoms. The van der Waals surface area contributed by atoms with E-state index in [9.17, 15) is 9.59 Å². The summed E-state index contributed by atoms with van der Waals surface area (Å²) in [4.78, 5) is 25.7. The molecule has 1 aliphatic carbocycles. The highest BCUT2D eigenvalue weighted by molar-refractivity contribution is 7.99. The average molecular weight is 498 g/mol. The normalized spacial score (nSPS) is 12.8. The number of aromatic nitrogens is 3. The minimum Gasteiger partial charge on any atom is -0.348 e. The van der Waals surface area contributed by atoms with Gasteiger partial charge in [-0.05, 0) is 49.6 Å². The summed E-state index contributed by atoms with van der Waals surface area (Å²) in [6.07, 6.45) is 2.22. The van der Waals surface area contributed by atoms with Crippen molar-refractivity contribution in [2.45, 2.75) is 37.4 Å². The fourth-order valence-corrected chi connectivity index (χ4v) is 4.65. The zero-order valence-electron chi connectivity index (χ0n) is 20.0. The van der Waals surface area contributed by atoms with Crippen molar-refractivity contribution in [3.8, 4) is 5.69 Å². The fraction of sp³-hybridized carbons (Fsp3) is 0.214. The Hall–Kier alpha value is -3.91. The lowest BCUT2D eigenvalue weighted by molar-refractivity contribution is -0.113.